The largest absolute Gasteiger partial charge is 2.00 e. The molecule has 0 aliphatic rings. The fourth-order valence-electron chi connectivity index (χ4n) is 0.419. The summed E-state index contributed by atoms with van der Waals surface area (Å²) in [5.74, 6) is -0.271. The number of hydrogen-bond donors (Lipinski definition) is 1. The Bertz CT molecular complexity index is 171. The van der Waals surface area contributed by atoms with Crippen LogP contribution in [-0.4, -0.2) is 5.11 Å². The van der Waals surface area contributed by atoms with E-state index in [0.717, 1.165) is 0 Å². The Kier molecular flexibility index (Phi) is 3.06. The van der Waals surface area contributed by atoms with E-state index in [1.54, 1.807) is 12.1 Å². The number of pyridine rings is 1. The minimum absolute atomic E-state index is 0. The second-order valence-corrected chi connectivity index (χ2v) is 1.38. The van der Waals surface area contributed by atoms with Crippen molar-refractivity contribution >= 4 is 0 Å². The summed E-state index contributed by atoms with van der Waals surface area (Å²) in [5.41, 5.74) is 0. The first-order valence-electron chi connectivity index (χ1n) is 2.18. The number of aromatic nitrogens is 1. The number of nitrogens with zero attached hydrogens (tertiary/aromatic N) is 1. The fraction of sp³-hybridized carbons (Fsp3) is 0. The van der Waals surface area contributed by atoms with Crippen LogP contribution < -0.4 is 4.73 Å². The smallest absolute Gasteiger partial charge is 0.616 e. The molecule has 0 aliphatic carbocycles. The van der Waals surface area contributed by atoms with Crippen LogP contribution in [0, 0.1) is 5.21 Å². The first-order valence-corrected chi connectivity index (χ1v) is 2.18. The Labute approximate surface area is 63.0 Å². The van der Waals surface area contributed by atoms with Crippen molar-refractivity contribution in [1.82, 2.24) is 0 Å². The van der Waals surface area contributed by atoms with Crippen LogP contribution in [0.15, 0.2) is 24.4 Å². The van der Waals surface area contributed by atoms with E-state index in [2.05, 4.69) is 0 Å². The van der Waals surface area contributed by atoms with Crippen molar-refractivity contribution in [3.8, 4) is 5.88 Å². The molecule has 0 aromatic carbocycles. The predicted molar refractivity (Wildman–Crippen MR) is 27.1 cm³/mol. The molecule has 1 rings (SSSR count). The molecule has 4 heteroatoms. The zero-order valence-electron chi connectivity index (χ0n) is 4.41. The molecule has 1 N–H and O–H groups in total. The maximum atomic E-state index is 10.3. The van der Waals surface area contributed by atoms with Gasteiger partial charge in [-0.2, -0.15) is 0 Å². The zero-order valence-corrected chi connectivity index (χ0v) is 5.36. The predicted octanol–water partition coefficient (Wildman–Crippen LogP) is 0.0231. The van der Waals surface area contributed by atoms with Gasteiger partial charge in [-0.15, -0.1) is 4.73 Å². The molecule has 1 heterocycles. The molecule has 1 radical (unpaired) electrons. The summed E-state index contributed by atoms with van der Waals surface area (Å²) in [6, 6.07) is 4.46. The van der Waals surface area contributed by atoms with E-state index >= 15 is 0 Å². The molecule has 0 saturated carbocycles. The van der Waals surface area contributed by atoms with Gasteiger partial charge in [-0.3, -0.25) is 0 Å². The maximum absolute atomic E-state index is 10.3. The van der Waals surface area contributed by atoms with Gasteiger partial charge in [0.25, 0.3) is 0 Å². The number of aromatic hydroxyl groups is 1. The minimum Gasteiger partial charge on any atom is -0.616 e. The Hall–Kier alpha value is -0.731. The maximum Gasteiger partial charge on any atom is 2.00 e. The molecule has 1 aromatic heterocycles. The Balaban J connectivity index is 0.000000640. The molecule has 1 aromatic rings. The van der Waals surface area contributed by atoms with Crippen molar-refractivity contribution in [2.45, 2.75) is 0 Å². The van der Waals surface area contributed by atoms with Gasteiger partial charge in [-0.05, 0) is 6.07 Å². The van der Waals surface area contributed by atoms with Gasteiger partial charge in [-0.1, -0.05) is 0 Å². The quantitative estimate of drug-likeness (QED) is 0.343. The third kappa shape index (κ3) is 1.91. The minimum atomic E-state index is -0.271. The summed E-state index contributed by atoms with van der Waals surface area (Å²) in [4.78, 5) is 0. The SMILES string of the molecule is [Cu+2].[O-][n+]1ccccc1O. The summed E-state index contributed by atoms with van der Waals surface area (Å²) in [7, 11) is 0. The second kappa shape index (κ2) is 3.33. The summed E-state index contributed by atoms with van der Waals surface area (Å²) in [6.07, 6.45) is 1.23. The van der Waals surface area contributed by atoms with Crippen LogP contribution in [-0.2, 0) is 17.1 Å². The van der Waals surface area contributed by atoms with E-state index in [9.17, 15) is 5.21 Å². The van der Waals surface area contributed by atoms with E-state index in [-0.39, 0.29) is 22.9 Å². The van der Waals surface area contributed by atoms with E-state index in [4.69, 9.17) is 5.11 Å². The molecule has 0 aliphatic heterocycles. The molecule has 9 heavy (non-hydrogen) atoms. The molecule has 0 unspecified atom stereocenters. The van der Waals surface area contributed by atoms with Gasteiger partial charge in [0, 0.05) is 6.07 Å². The van der Waals surface area contributed by atoms with Crippen molar-refractivity contribution in [2.75, 3.05) is 0 Å². The molecule has 0 saturated heterocycles. The summed E-state index contributed by atoms with van der Waals surface area (Å²) < 4.78 is 0.389. The van der Waals surface area contributed by atoms with Gasteiger partial charge in [0.2, 0.25) is 0 Å². The van der Waals surface area contributed by atoms with Crippen molar-refractivity contribution in [3.63, 3.8) is 0 Å². The molecule has 0 bridgehead atoms. The Morgan fingerprint density at radius 1 is 1.44 bits per heavy atom. The zero-order chi connectivity index (χ0) is 5.98. The molecule has 51 valence electrons. The summed E-state index contributed by atoms with van der Waals surface area (Å²) in [5, 5.41) is 18.9. The van der Waals surface area contributed by atoms with Crippen LogP contribution in [0.1, 0.15) is 0 Å². The van der Waals surface area contributed by atoms with E-state index < -0.39 is 0 Å². The van der Waals surface area contributed by atoms with Crippen molar-refractivity contribution in [3.05, 3.63) is 29.6 Å². The van der Waals surface area contributed by atoms with E-state index in [1.807, 2.05) is 0 Å². The molecule has 0 amide bonds. The molecule has 0 atom stereocenters. The summed E-state index contributed by atoms with van der Waals surface area (Å²) >= 11 is 0. The molecule has 3 nitrogen and oxygen atoms in total. The molecule has 0 spiro atoms. The molecule has 0 fully saturated rings. The van der Waals surface area contributed by atoms with Gasteiger partial charge in [0.15, 0.2) is 6.20 Å². The van der Waals surface area contributed by atoms with Crippen LogP contribution in [0.25, 0.3) is 0 Å². The number of rotatable bonds is 0. The Morgan fingerprint density at radius 2 is 2.11 bits per heavy atom. The van der Waals surface area contributed by atoms with Crippen molar-refractivity contribution < 1.29 is 26.9 Å². The van der Waals surface area contributed by atoms with Gasteiger partial charge in [0.1, 0.15) is 0 Å². The topological polar surface area (TPSA) is 47.2 Å². The standard InChI is InChI=1S/C5H5NO2.Cu/c7-5-3-1-2-4-6(5)8;/h1-4,7H;/q;+2. The monoisotopic (exact) mass is 174 g/mol. The molecular formula is C5H5CuNO2+2. The van der Waals surface area contributed by atoms with E-state index in [1.165, 1.54) is 12.3 Å². The van der Waals surface area contributed by atoms with Gasteiger partial charge < -0.3 is 10.3 Å². The third-order valence-electron chi connectivity index (χ3n) is 0.804. The van der Waals surface area contributed by atoms with Crippen LogP contribution in [0.2, 0.25) is 0 Å². The van der Waals surface area contributed by atoms with Gasteiger partial charge in [0.05, 0.1) is 6.07 Å². The number of hydrogen-bond acceptors (Lipinski definition) is 2. The van der Waals surface area contributed by atoms with Crippen LogP contribution in [0.3, 0.4) is 0 Å². The van der Waals surface area contributed by atoms with Crippen LogP contribution in [0.4, 0.5) is 0 Å². The molecular weight excluding hydrogens is 170 g/mol. The first kappa shape index (κ1) is 8.27. The summed E-state index contributed by atoms with van der Waals surface area (Å²) in [6.45, 7) is 0. The second-order valence-electron chi connectivity index (χ2n) is 1.38. The third-order valence-corrected chi connectivity index (χ3v) is 0.804. The van der Waals surface area contributed by atoms with Gasteiger partial charge >= 0.3 is 22.9 Å². The van der Waals surface area contributed by atoms with Crippen molar-refractivity contribution in [1.29, 1.82) is 0 Å². The average molecular weight is 175 g/mol. The van der Waals surface area contributed by atoms with Crippen LogP contribution in [0.5, 0.6) is 5.88 Å². The van der Waals surface area contributed by atoms with E-state index in [0.29, 0.717) is 4.73 Å². The van der Waals surface area contributed by atoms with Gasteiger partial charge in [-0.25, -0.2) is 0 Å². The van der Waals surface area contributed by atoms with Crippen LogP contribution >= 0.6 is 0 Å². The van der Waals surface area contributed by atoms with Crippen molar-refractivity contribution in [2.24, 2.45) is 0 Å². The first-order chi connectivity index (χ1) is 3.80. The fourth-order valence-corrected chi connectivity index (χ4v) is 0.419. The Morgan fingerprint density at radius 3 is 2.44 bits per heavy atom. The average Bonchev–Trinajstić information content (AvgIpc) is 1.77. The normalized spacial score (nSPS) is 8.00.